The van der Waals surface area contributed by atoms with E-state index >= 15 is 0 Å². The maximum absolute atomic E-state index is 11.9. The number of anilines is 1. The maximum Gasteiger partial charge on any atom is 0.250 e. The summed E-state index contributed by atoms with van der Waals surface area (Å²) in [6, 6.07) is 2.88. The number of nitrogens with zero attached hydrogens (tertiary/aromatic N) is 1. The van der Waals surface area contributed by atoms with Gasteiger partial charge in [-0.15, -0.1) is 0 Å². The van der Waals surface area contributed by atoms with Gasteiger partial charge in [0.2, 0.25) is 5.91 Å². The van der Waals surface area contributed by atoms with Gasteiger partial charge in [0.15, 0.2) is 0 Å². The minimum Gasteiger partial charge on any atom is -0.327 e. The molecule has 112 valence electrons. The lowest BCUT2D eigenvalue weighted by Crippen LogP contribution is -2.38. The zero-order chi connectivity index (χ0) is 15.3. The number of hydrogen-bond acceptors (Lipinski definition) is 3. The first-order chi connectivity index (χ1) is 9.24. The molecule has 0 aromatic carbocycles. The third kappa shape index (κ3) is 4.81. The standard InChI is InChI=1S/C15H25N3O2/c1-5-8-18-10-11(6-7-14(18)20)17-13(19)9-12(16)15(2,3)4/h6-7,10,12H,5,8-9,16H2,1-4H3,(H,17,19). The Morgan fingerprint density at radius 2 is 2.05 bits per heavy atom. The van der Waals surface area contributed by atoms with Crippen molar-refractivity contribution in [3.63, 3.8) is 0 Å². The van der Waals surface area contributed by atoms with E-state index < -0.39 is 0 Å². The Morgan fingerprint density at radius 3 is 2.60 bits per heavy atom. The van der Waals surface area contributed by atoms with E-state index in [0.717, 1.165) is 6.42 Å². The molecule has 1 aromatic rings. The van der Waals surface area contributed by atoms with Crippen LogP contribution in [0, 0.1) is 5.41 Å². The Hall–Kier alpha value is -1.62. The molecule has 1 amide bonds. The Kier molecular flexibility index (Phi) is 5.51. The van der Waals surface area contributed by atoms with Crippen LogP contribution < -0.4 is 16.6 Å². The third-order valence-electron chi connectivity index (χ3n) is 3.25. The Morgan fingerprint density at radius 1 is 1.40 bits per heavy atom. The van der Waals surface area contributed by atoms with E-state index in [1.54, 1.807) is 16.8 Å². The zero-order valence-electron chi connectivity index (χ0n) is 12.8. The molecular weight excluding hydrogens is 254 g/mol. The van der Waals surface area contributed by atoms with Crippen molar-refractivity contribution in [3.05, 3.63) is 28.7 Å². The van der Waals surface area contributed by atoms with Gasteiger partial charge in [0.05, 0.1) is 5.69 Å². The summed E-state index contributed by atoms with van der Waals surface area (Å²) >= 11 is 0. The number of amides is 1. The first-order valence-electron chi connectivity index (χ1n) is 7.00. The fraction of sp³-hybridized carbons (Fsp3) is 0.600. The molecule has 0 spiro atoms. The second-order valence-corrected chi connectivity index (χ2v) is 6.17. The van der Waals surface area contributed by atoms with Gasteiger partial charge in [-0.2, -0.15) is 0 Å². The third-order valence-corrected chi connectivity index (χ3v) is 3.25. The molecule has 5 nitrogen and oxygen atoms in total. The van der Waals surface area contributed by atoms with Crippen molar-refractivity contribution >= 4 is 11.6 Å². The van der Waals surface area contributed by atoms with Gasteiger partial charge in [-0.05, 0) is 17.9 Å². The molecule has 0 aliphatic rings. The highest BCUT2D eigenvalue weighted by molar-refractivity contribution is 5.90. The Bertz CT molecular complexity index is 515. The molecule has 1 unspecified atom stereocenters. The van der Waals surface area contributed by atoms with Crippen molar-refractivity contribution in [1.29, 1.82) is 0 Å². The van der Waals surface area contributed by atoms with Crippen LogP contribution in [-0.2, 0) is 11.3 Å². The van der Waals surface area contributed by atoms with Crippen molar-refractivity contribution < 1.29 is 4.79 Å². The van der Waals surface area contributed by atoms with Crippen molar-refractivity contribution in [2.45, 2.75) is 53.1 Å². The zero-order valence-corrected chi connectivity index (χ0v) is 12.8. The second-order valence-electron chi connectivity index (χ2n) is 6.17. The molecule has 1 atom stereocenters. The summed E-state index contributed by atoms with van der Waals surface area (Å²) in [5, 5.41) is 2.79. The van der Waals surface area contributed by atoms with Gasteiger partial charge in [0.25, 0.3) is 5.56 Å². The van der Waals surface area contributed by atoms with Gasteiger partial charge in [-0.3, -0.25) is 9.59 Å². The second kappa shape index (κ2) is 6.70. The average molecular weight is 279 g/mol. The van der Waals surface area contributed by atoms with E-state index in [0.29, 0.717) is 12.2 Å². The van der Waals surface area contributed by atoms with Crippen LogP contribution in [0.5, 0.6) is 0 Å². The number of nitrogens with one attached hydrogen (secondary N) is 1. The summed E-state index contributed by atoms with van der Waals surface area (Å²) in [6.07, 6.45) is 2.80. The number of pyridine rings is 1. The average Bonchev–Trinajstić information content (AvgIpc) is 2.32. The van der Waals surface area contributed by atoms with E-state index in [2.05, 4.69) is 5.32 Å². The van der Waals surface area contributed by atoms with Gasteiger partial charge in [-0.1, -0.05) is 27.7 Å². The van der Waals surface area contributed by atoms with E-state index in [1.165, 1.54) is 6.07 Å². The molecule has 0 radical (unpaired) electrons. The quantitative estimate of drug-likeness (QED) is 0.865. The molecule has 0 bridgehead atoms. The minimum atomic E-state index is -0.205. The molecule has 20 heavy (non-hydrogen) atoms. The first kappa shape index (κ1) is 16.4. The number of nitrogens with two attached hydrogens (primary N) is 1. The molecule has 1 aromatic heterocycles. The highest BCUT2D eigenvalue weighted by Gasteiger charge is 2.23. The smallest absolute Gasteiger partial charge is 0.250 e. The topological polar surface area (TPSA) is 77.1 Å². The SMILES string of the molecule is CCCn1cc(NC(=O)CC(N)C(C)(C)C)ccc1=O. The van der Waals surface area contributed by atoms with Crippen molar-refractivity contribution in [2.24, 2.45) is 11.1 Å². The summed E-state index contributed by atoms with van der Waals surface area (Å²) in [6.45, 7) is 8.66. The number of carbonyl (C=O) groups is 1. The molecule has 0 saturated carbocycles. The van der Waals surface area contributed by atoms with E-state index in [4.69, 9.17) is 5.73 Å². The molecule has 3 N–H and O–H groups in total. The number of aryl methyl sites for hydroxylation is 1. The van der Waals surface area contributed by atoms with Crippen LogP contribution in [-0.4, -0.2) is 16.5 Å². The predicted molar refractivity (Wildman–Crippen MR) is 81.7 cm³/mol. The summed E-state index contributed by atoms with van der Waals surface area (Å²) in [7, 11) is 0. The van der Waals surface area contributed by atoms with Crippen molar-refractivity contribution in [3.8, 4) is 0 Å². The van der Waals surface area contributed by atoms with Crippen LogP contribution in [0.4, 0.5) is 5.69 Å². The van der Waals surface area contributed by atoms with E-state index in [1.807, 2.05) is 27.7 Å². The van der Waals surface area contributed by atoms with Crippen LogP contribution in [0.1, 0.15) is 40.5 Å². The van der Waals surface area contributed by atoms with Crippen molar-refractivity contribution in [2.75, 3.05) is 5.32 Å². The Balaban J connectivity index is 2.71. The highest BCUT2D eigenvalue weighted by Crippen LogP contribution is 2.20. The van der Waals surface area contributed by atoms with Gasteiger partial charge in [0, 0.05) is 31.3 Å². The van der Waals surface area contributed by atoms with Gasteiger partial charge in [-0.25, -0.2) is 0 Å². The monoisotopic (exact) mass is 279 g/mol. The molecular formula is C15H25N3O2. The number of aromatic nitrogens is 1. The molecule has 0 saturated heterocycles. The van der Waals surface area contributed by atoms with E-state index in [9.17, 15) is 9.59 Å². The molecule has 0 aliphatic carbocycles. The lowest BCUT2D eigenvalue weighted by atomic mass is 9.85. The summed E-state index contributed by atoms with van der Waals surface area (Å²) < 4.78 is 1.60. The highest BCUT2D eigenvalue weighted by atomic mass is 16.1. The molecule has 0 aliphatic heterocycles. The largest absolute Gasteiger partial charge is 0.327 e. The maximum atomic E-state index is 11.9. The molecule has 0 fully saturated rings. The van der Waals surface area contributed by atoms with Crippen LogP contribution in [0.25, 0.3) is 0 Å². The summed E-state index contributed by atoms with van der Waals surface area (Å²) in [5.41, 5.74) is 6.45. The lowest BCUT2D eigenvalue weighted by molar-refractivity contribution is -0.117. The summed E-state index contributed by atoms with van der Waals surface area (Å²) in [5.74, 6) is -0.130. The number of rotatable bonds is 5. The molecule has 1 heterocycles. The van der Waals surface area contributed by atoms with Crippen LogP contribution in [0.15, 0.2) is 23.1 Å². The minimum absolute atomic E-state index is 0.0590. The van der Waals surface area contributed by atoms with Crippen molar-refractivity contribution in [1.82, 2.24) is 4.57 Å². The van der Waals surface area contributed by atoms with Gasteiger partial charge in [0.1, 0.15) is 0 Å². The Labute approximate surface area is 120 Å². The summed E-state index contributed by atoms with van der Waals surface area (Å²) in [4.78, 5) is 23.5. The van der Waals surface area contributed by atoms with Gasteiger partial charge < -0.3 is 15.6 Å². The fourth-order valence-electron chi connectivity index (χ4n) is 1.74. The molecule has 1 rings (SSSR count). The normalized spacial score (nSPS) is 13.1. The van der Waals surface area contributed by atoms with E-state index in [-0.39, 0.29) is 29.3 Å². The van der Waals surface area contributed by atoms with Crippen LogP contribution in [0.3, 0.4) is 0 Å². The van der Waals surface area contributed by atoms with Crippen LogP contribution >= 0.6 is 0 Å². The molecule has 5 heteroatoms. The van der Waals surface area contributed by atoms with Gasteiger partial charge >= 0.3 is 0 Å². The fourth-order valence-corrected chi connectivity index (χ4v) is 1.74. The van der Waals surface area contributed by atoms with Crippen LogP contribution in [0.2, 0.25) is 0 Å². The number of carbonyl (C=O) groups excluding carboxylic acids is 1. The predicted octanol–water partition coefficient (Wildman–Crippen LogP) is 1.96. The first-order valence-corrected chi connectivity index (χ1v) is 7.00. The lowest BCUT2D eigenvalue weighted by Gasteiger charge is -2.26. The number of hydrogen-bond donors (Lipinski definition) is 2.